The van der Waals surface area contributed by atoms with Crippen molar-refractivity contribution < 1.29 is 32.2 Å². The normalized spacial score (nSPS) is 14.1. The number of carbonyl (C=O) groups is 2. The topological polar surface area (TPSA) is 108 Å². The zero-order chi connectivity index (χ0) is 22.4. The van der Waals surface area contributed by atoms with E-state index in [0.29, 0.717) is 39.7 Å². The van der Waals surface area contributed by atoms with E-state index in [0.717, 1.165) is 11.3 Å². The van der Waals surface area contributed by atoms with Gasteiger partial charge in [-0.1, -0.05) is 11.6 Å². The molecule has 0 bridgehead atoms. The predicted molar refractivity (Wildman–Crippen MR) is 119 cm³/mol. The summed E-state index contributed by atoms with van der Waals surface area (Å²) in [6.07, 6.45) is 2.03. The molecule has 0 spiro atoms. The second-order valence-electron chi connectivity index (χ2n) is 6.40. The zero-order valence-corrected chi connectivity index (χ0v) is 19.7. The van der Waals surface area contributed by atoms with Crippen molar-refractivity contribution in [3.63, 3.8) is 0 Å². The fraction of sp³-hybridized carbons (Fsp3) is 0.368. The number of ketones is 1. The van der Waals surface area contributed by atoms with Crippen LogP contribution in [0.4, 0.5) is 0 Å². The van der Waals surface area contributed by atoms with Crippen LogP contribution >= 0.6 is 34.7 Å². The number of halogens is 1. The minimum atomic E-state index is -4.05. The van der Waals surface area contributed by atoms with Gasteiger partial charge in [0, 0.05) is 6.07 Å². The molecule has 0 fully saturated rings. The molecular formula is C19H20ClNO7S3. The van der Waals surface area contributed by atoms with Crippen molar-refractivity contribution >= 4 is 56.5 Å². The standard InChI is InChI=1S/C19H20ClNO7S3/c1-29-9-6-13(19(23)28-11-14(22)17-4-5-18(20)30-17)21-31(24,25)12-2-3-15-16(10-12)27-8-7-26-15/h2-5,10,13,21H,6-9,11H2,1H3/t13-/m0/s1. The molecule has 1 aromatic carbocycles. The van der Waals surface area contributed by atoms with E-state index in [2.05, 4.69) is 4.72 Å². The Morgan fingerprint density at radius 2 is 1.97 bits per heavy atom. The number of nitrogens with one attached hydrogen (secondary N) is 1. The van der Waals surface area contributed by atoms with Crippen molar-refractivity contribution in [2.24, 2.45) is 0 Å². The molecule has 168 valence electrons. The van der Waals surface area contributed by atoms with Crippen molar-refractivity contribution in [2.45, 2.75) is 17.4 Å². The van der Waals surface area contributed by atoms with Gasteiger partial charge in [0.05, 0.1) is 14.1 Å². The minimum absolute atomic E-state index is 0.0667. The highest BCUT2D eigenvalue weighted by atomic mass is 35.5. The summed E-state index contributed by atoms with van der Waals surface area (Å²) >= 11 is 8.34. The molecule has 0 saturated carbocycles. The summed E-state index contributed by atoms with van der Waals surface area (Å²) in [4.78, 5) is 25.0. The third-order valence-corrected chi connectivity index (χ3v) is 7.60. The Morgan fingerprint density at radius 1 is 1.23 bits per heavy atom. The van der Waals surface area contributed by atoms with Crippen LogP contribution in [0.3, 0.4) is 0 Å². The molecule has 1 atom stereocenters. The van der Waals surface area contributed by atoms with E-state index >= 15 is 0 Å². The van der Waals surface area contributed by atoms with Gasteiger partial charge in [-0.25, -0.2) is 8.42 Å². The van der Waals surface area contributed by atoms with Crippen LogP contribution < -0.4 is 14.2 Å². The van der Waals surface area contributed by atoms with Gasteiger partial charge in [0.15, 0.2) is 18.1 Å². The Balaban J connectivity index is 1.69. The van der Waals surface area contributed by atoms with Gasteiger partial charge in [0.25, 0.3) is 0 Å². The van der Waals surface area contributed by atoms with Crippen LogP contribution in [0.25, 0.3) is 0 Å². The number of benzene rings is 1. The molecule has 0 unspecified atom stereocenters. The largest absolute Gasteiger partial charge is 0.486 e. The smallest absolute Gasteiger partial charge is 0.324 e. The average molecular weight is 506 g/mol. The first kappa shape index (κ1) is 23.9. The Hall–Kier alpha value is -1.79. The molecule has 2 aromatic rings. The van der Waals surface area contributed by atoms with Crippen LogP contribution in [0.15, 0.2) is 35.2 Å². The quantitative estimate of drug-likeness (QED) is 0.388. The van der Waals surface area contributed by atoms with Gasteiger partial charge in [0.2, 0.25) is 15.8 Å². The molecule has 0 aliphatic carbocycles. The maximum atomic E-state index is 12.9. The van der Waals surface area contributed by atoms with Crippen LogP contribution in [0.2, 0.25) is 4.34 Å². The van der Waals surface area contributed by atoms with Crippen molar-refractivity contribution in [3.05, 3.63) is 39.5 Å². The number of Topliss-reactive ketones (excluding diaryl/α,β-unsaturated/α-hetero) is 1. The first-order chi connectivity index (χ1) is 14.8. The molecule has 0 amide bonds. The maximum Gasteiger partial charge on any atom is 0.324 e. The van der Waals surface area contributed by atoms with Gasteiger partial charge < -0.3 is 14.2 Å². The highest BCUT2D eigenvalue weighted by molar-refractivity contribution is 7.98. The minimum Gasteiger partial charge on any atom is -0.486 e. The maximum absolute atomic E-state index is 12.9. The Morgan fingerprint density at radius 3 is 2.65 bits per heavy atom. The molecule has 1 aliphatic heterocycles. The SMILES string of the molecule is CSCC[C@H](NS(=O)(=O)c1ccc2c(c1)OCCO2)C(=O)OCC(=O)c1ccc(Cl)s1. The molecule has 1 aromatic heterocycles. The Bertz CT molecular complexity index is 1050. The summed E-state index contributed by atoms with van der Waals surface area (Å²) in [5.74, 6) is 0.0424. The number of rotatable bonds is 10. The van der Waals surface area contributed by atoms with Gasteiger partial charge in [-0.3, -0.25) is 9.59 Å². The second kappa shape index (κ2) is 10.7. The molecule has 12 heteroatoms. The first-order valence-electron chi connectivity index (χ1n) is 9.16. The van der Waals surface area contributed by atoms with Crippen molar-refractivity contribution in [1.82, 2.24) is 4.72 Å². The van der Waals surface area contributed by atoms with E-state index in [-0.39, 0.29) is 11.3 Å². The number of sulfonamides is 1. The molecular weight excluding hydrogens is 486 g/mol. The van der Waals surface area contributed by atoms with E-state index in [4.69, 9.17) is 25.8 Å². The van der Waals surface area contributed by atoms with Crippen LogP contribution in [0.5, 0.6) is 11.5 Å². The molecule has 31 heavy (non-hydrogen) atoms. The van der Waals surface area contributed by atoms with Crippen molar-refractivity contribution in [3.8, 4) is 11.5 Å². The molecule has 3 rings (SSSR count). The number of hydrogen-bond acceptors (Lipinski definition) is 9. The third-order valence-electron chi connectivity index (χ3n) is 4.21. The molecule has 1 aliphatic rings. The molecule has 1 N–H and O–H groups in total. The average Bonchev–Trinajstić information content (AvgIpc) is 3.20. The number of esters is 1. The monoisotopic (exact) mass is 505 g/mol. The van der Waals surface area contributed by atoms with Crippen LogP contribution in [-0.2, 0) is 19.6 Å². The fourth-order valence-corrected chi connectivity index (χ4v) is 5.35. The number of fused-ring (bicyclic) bond motifs is 1. The Kier molecular flexibility index (Phi) is 8.23. The van der Waals surface area contributed by atoms with Crippen LogP contribution in [-0.4, -0.2) is 58.0 Å². The molecule has 8 nitrogen and oxygen atoms in total. The van der Waals surface area contributed by atoms with Crippen molar-refractivity contribution in [2.75, 3.05) is 31.8 Å². The summed E-state index contributed by atoms with van der Waals surface area (Å²) in [6, 6.07) is 6.19. The highest BCUT2D eigenvalue weighted by Gasteiger charge is 2.28. The predicted octanol–water partition coefficient (Wildman–Crippen LogP) is 3.00. The highest BCUT2D eigenvalue weighted by Crippen LogP contribution is 2.32. The third kappa shape index (κ3) is 6.36. The summed E-state index contributed by atoms with van der Waals surface area (Å²) < 4.78 is 44.5. The van der Waals surface area contributed by atoms with Gasteiger partial charge in [-0.15, -0.1) is 11.3 Å². The lowest BCUT2D eigenvalue weighted by Crippen LogP contribution is -2.42. The Labute approximate surface area is 193 Å². The zero-order valence-electron chi connectivity index (χ0n) is 16.5. The van der Waals surface area contributed by atoms with E-state index < -0.39 is 34.4 Å². The van der Waals surface area contributed by atoms with Crippen LogP contribution in [0, 0.1) is 0 Å². The van der Waals surface area contributed by atoms with Gasteiger partial charge >= 0.3 is 5.97 Å². The van der Waals surface area contributed by atoms with Gasteiger partial charge in [0.1, 0.15) is 19.3 Å². The van der Waals surface area contributed by atoms with E-state index in [9.17, 15) is 18.0 Å². The van der Waals surface area contributed by atoms with E-state index in [1.54, 1.807) is 12.1 Å². The lowest BCUT2D eigenvalue weighted by atomic mass is 10.2. The second-order valence-corrected chi connectivity index (χ2v) is 10.8. The molecule has 0 saturated heterocycles. The lowest BCUT2D eigenvalue weighted by molar-refractivity contribution is -0.144. The summed E-state index contributed by atoms with van der Waals surface area (Å²) in [7, 11) is -4.05. The number of ether oxygens (including phenoxy) is 3. The van der Waals surface area contributed by atoms with Gasteiger partial charge in [-0.2, -0.15) is 16.5 Å². The van der Waals surface area contributed by atoms with Crippen molar-refractivity contribution in [1.29, 1.82) is 0 Å². The summed E-state index contributed by atoms with van der Waals surface area (Å²) in [6.45, 7) is 0.198. The lowest BCUT2D eigenvalue weighted by Gasteiger charge is -2.20. The number of carbonyl (C=O) groups excluding carboxylic acids is 2. The van der Waals surface area contributed by atoms with Gasteiger partial charge in [-0.05, 0) is 42.7 Å². The fourth-order valence-electron chi connectivity index (χ4n) is 2.68. The molecule has 2 heterocycles. The summed E-state index contributed by atoms with van der Waals surface area (Å²) in [5, 5.41) is 0. The number of thiophene rings is 1. The van der Waals surface area contributed by atoms with Crippen LogP contribution in [0.1, 0.15) is 16.1 Å². The number of thioether (sulfide) groups is 1. The first-order valence-corrected chi connectivity index (χ1v) is 13.2. The summed E-state index contributed by atoms with van der Waals surface area (Å²) in [5.41, 5.74) is 0. The van der Waals surface area contributed by atoms with E-state index in [1.165, 1.54) is 30.0 Å². The van der Waals surface area contributed by atoms with E-state index in [1.807, 2.05) is 6.26 Å². The molecule has 0 radical (unpaired) electrons. The number of hydrogen-bond donors (Lipinski definition) is 1.